The second kappa shape index (κ2) is 12.7. The second-order valence-corrected chi connectivity index (χ2v) is 8.97. The van der Waals surface area contributed by atoms with Gasteiger partial charge in [-0.15, -0.1) is 0 Å². The molecule has 2 amide bonds. The van der Waals surface area contributed by atoms with Crippen molar-refractivity contribution in [3.05, 3.63) is 95.3 Å². The van der Waals surface area contributed by atoms with Gasteiger partial charge in [-0.25, -0.2) is 4.39 Å². The highest BCUT2D eigenvalue weighted by Crippen LogP contribution is 2.29. The number of ether oxygens (including phenoxy) is 2. The van der Waals surface area contributed by atoms with Crippen LogP contribution >= 0.6 is 0 Å². The summed E-state index contributed by atoms with van der Waals surface area (Å²) >= 11 is 0. The fraction of sp³-hybridized carbons (Fsp3) is 0.310. The molecule has 3 rings (SSSR count). The van der Waals surface area contributed by atoms with Crippen molar-refractivity contribution in [2.45, 2.75) is 32.9 Å². The van der Waals surface area contributed by atoms with E-state index >= 15 is 0 Å². The summed E-state index contributed by atoms with van der Waals surface area (Å²) in [6.07, 6.45) is 0.0440. The summed E-state index contributed by atoms with van der Waals surface area (Å²) in [6, 6.07) is 19.6. The normalized spacial score (nSPS) is 11.6. The molecule has 0 aliphatic heterocycles. The minimum absolute atomic E-state index is 0.0440. The number of carbonyl (C=O) groups is 2. The lowest BCUT2D eigenvalue weighted by Gasteiger charge is -2.32. The van der Waals surface area contributed by atoms with Crippen LogP contribution in [0.2, 0.25) is 0 Å². The molecular weight excluding hydrogens is 459 g/mol. The number of hydrogen-bond acceptors (Lipinski definition) is 4. The first-order chi connectivity index (χ1) is 17.3. The average Bonchev–Trinajstić information content (AvgIpc) is 2.88. The number of carbonyl (C=O) groups excluding carboxylic acids is 2. The Morgan fingerprint density at radius 1 is 0.889 bits per heavy atom. The number of methoxy groups -OCH3 is 2. The molecule has 0 bridgehead atoms. The highest BCUT2D eigenvalue weighted by atomic mass is 19.1. The second-order valence-electron chi connectivity index (χ2n) is 8.97. The van der Waals surface area contributed by atoms with Crippen molar-refractivity contribution in [2.75, 3.05) is 20.8 Å². The number of rotatable bonds is 11. The molecule has 0 unspecified atom stereocenters. The Morgan fingerprint density at radius 3 is 2.14 bits per heavy atom. The van der Waals surface area contributed by atoms with E-state index in [0.717, 1.165) is 11.1 Å². The SMILES string of the molecule is COc1ccc(CC(=O)N(Cc2ccc(F)cc2)[C@H](C(=O)NCC(C)C)c2ccccc2)cc1OC. The number of amides is 2. The molecule has 36 heavy (non-hydrogen) atoms. The van der Waals surface area contributed by atoms with E-state index in [9.17, 15) is 14.0 Å². The van der Waals surface area contributed by atoms with Crippen molar-refractivity contribution in [3.8, 4) is 11.5 Å². The molecule has 0 heterocycles. The van der Waals surface area contributed by atoms with Crippen molar-refractivity contribution in [1.29, 1.82) is 0 Å². The number of hydrogen-bond donors (Lipinski definition) is 1. The summed E-state index contributed by atoms with van der Waals surface area (Å²) in [5, 5.41) is 2.98. The third kappa shape index (κ3) is 7.07. The Kier molecular flexibility index (Phi) is 9.45. The molecule has 190 valence electrons. The molecule has 7 heteroatoms. The van der Waals surface area contributed by atoms with E-state index in [1.165, 1.54) is 19.2 Å². The van der Waals surface area contributed by atoms with Gasteiger partial charge in [0.2, 0.25) is 11.8 Å². The van der Waals surface area contributed by atoms with Gasteiger partial charge in [-0.2, -0.15) is 0 Å². The molecule has 0 aliphatic carbocycles. The van der Waals surface area contributed by atoms with E-state index in [2.05, 4.69) is 5.32 Å². The molecule has 1 N–H and O–H groups in total. The molecule has 3 aromatic carbocycles. The average molecular weight is 493 g/mol. The fourth-order valence-electron chi connectivity index (χ4n) is 3.89. The number of benzene rings is 3. The summed E-state index contributed by atoms with van der Waals surface area (Å²) in [7, 11) is 3.09. The van der Waals surface area contributed by atoms with Gasteiger partial charge in [-0.05, 0) is 46.9 Å². The maximum atomic E-state index is 13.8. The van der Waals surface area contributed by atoms with Crippen molar-refractivity contribution in [1.82, 2.24) is 10.2 Å². The lowest BCUT2D eigenvalue weighted by molar-refractivity contribution is -0.141. The highest BCUT2D eigenvalue weighted by molar-refractivity contribution is 5.89. The molecule has 0 aromatic heterocycles. The van der Waals surface area contributed by atoms with Gasteiger partial charge in [-0.1, -0.05) is 62.4 Å². The third-order valence-electron chi connectivity index (χ3n) is 5.75. The summed E-state index contributed by atoms with van der Waals surface area (Å²) < 4.78 is 24.3. The molecule has 3 aromatic rings. The first kappa shape index (κ1) is 26.7. The zero-order valence-corrected chi connectivity index (χ0v) is 21.2. The molecule has 0 saturated carbocycles. The van der Waals surface area contributed by atoms with Crippen molar-refractivity contribution >= 4 is 11.8 Å². The maximum absolute atomic E-state index is 13.8. The fourth-order valence-corrected chi connectivity index (χ4v) is 3.89. The van der Waals surface area contributed by atoms with Crippen molar-refractivity contribution in [3.63, 3.8) is 0 Å². The predicted molar refractivity (Wildman–Crippen MR) is 137 cm³/mol. The van der Waals surface area contributed by atoms with Crippen LogP contribution in [0.5, 0.6) is 11.5 Å². The van der Waals surface area contributed by atoms with Crippen molar-refractivity contribution in [2.24, 2.45) is 5.92 Å². The first-order valence-corrected chi connectivity index (χ1v) is 11.9. The molecule has 6 nitrogen and oxygen atoms in total. The smallest absolute Gasteiger partial charge is 0.247 e. The van der Waals surface area contributed by atoms with Gasteiger partial charge in [0.1, 0.15) is 11.9 Å². The molecule has 0 saturated heterocycles. The van der Waals surface area contributed by atoms with Crippen LogP contribution in [-0.2, 0) is 22.6 Å². The van der Waals surface area contributed by atoms with Crippen LogP contribution in [0, 0.1) is 11.7 Å². The quantitative estimate of drug-likeness (QED) is 0.412. The zero-order chi connectivity index (χ0) is 26.1. The van der Waals surface area contributed by atoms with Crippen LogP contribution in [0.4, 0.5) is 4.39 Å². The van der Waals surface area contributed by atoms with Gasteiger partial charge < -0.3 is 19.7 Å². The summed E-state index contributed by atoms with van der Waals surface area (Å²) in [5.41, 5.74) is 2.13. The lowest BCUT2D eigenvalue weighted by Crippen LogP contribution is -2.44. The van der Waals surface area contributed by atoms with E-state index in [0.29, 0.717) is 23.6 Å². The maximum Gasteiger partial charge on any atom is 0.247 e. The highest BCUT2D eigenvalue weighted by Gasteiger charge is 2.31. The van der Waals surface area contributed by atoms with Gasteiger partial charge in [0.15, 0.2) is 11.5 Å². The summed E-state index contributed by atoms with van der Waals surface area (Å²) in [4.78, 5) is 28.8. The van der Waals surface area contributed by atoms with E-state index in [4.69, 9.17) is 9.47 Å². The van der Waals surface area contributed by atoms with Crippen LogP contribution in [0.25, 0.3) is 0 Å². The van der Waals surface area contributed by atoms with Crippen LogP contribution in [0.3, 0.4) is 0 Å². The number of halogens is 1. The Bertz CT molecular complexity index is 1150. The van der Waals surface area contributed by atoms with Gasteiger partial charge in [0.05, 0.1) is 20.6 Å². The van der Waals surface area contributed by atoms with E-state index in [-0.39, 0.29) is 36.5 Å². The Labute approximate surface area is 212 Å². The third-order valence-corrected chi connectivity index (χ3v) is 5.75. The van der Waals surface area contributed by atoms with Gasteiger partial charge in [0, 0.05) is 13.1 Å². The summed E-state index contributed by atoms with van der Waals surface area (Å²) in [6.45, 7) is 4.64. The molecular formula is C29H33FN2O4. The van der Waals surface area contributed by atoms with Crippen LogP contribution in [0.1, 0.15) is 36.6 Å². The Morgan fingerprint density at radius 2 is 1.53 bits per heavy atom. The first-order valence-electron chi connectivity index (χ1n) is 11.9. The molecule has 0 spiro atoms. The minimum atomic E-state index is -0.859. The molecule has 0 fully saturated rings. The van der Waals surface area contributed by atoms with Crippen LogP contribution in [0.15, 0.2) is 72.8 Å². The minimum Gasteiger partial charge on any atom is -0.493 e. The van der Waals surface area contributed by atoms with Gasteiger partial charge >= 0.3 is 0 Å². The van der Waals surface area contributed by atoms with E-state index in [1.807, 2.05) is 44.2 Å². The zero-order valence-electron chi connectivity index (χ0n) is 21.2. The molecule has 0 aliphatic rings. The largest absolute Gasteiger partial charge is 0.493 e. The molecule has 0 radical (unpaired) electrons. The van der Waals surface area contributed by atoms with Gasteiger partial charge in [0.25, 0.3) is 0 Å². The predicted octanol–water partition coefficient (Wildman–Crippen LogP) is 4.93. The van der Waals surface area contributed by atoms with Crippen LogP contribution in [-0.4, -0.2) is 37.5 Å². The summed E-state index contributed by atoms with van der Waals surface area (Å²) in [5.74, 6) is 0.446. The Hall–Kier alpha value is -3.87. The molecule has 1 atom stereocenters. The number of nitrogens with zero attached hydrogens (tertiary/aromatic N) is 1. The number of nitrogens with one attached hydrogen (secondary N) is 1. The van der Waals surface area contributed by atoms with Crippen molar-refractivity contribution < 1.29 is 23.5 Å². The topological polar surface area (TPSA) is 67.9 Å². The van der Waals surface area contributed by atoms with E-state index in [1.54, 1.807) is 42.3 Å². The van der Waals surface area contributed by atoms with Gasteiger partial charge in [-0.3, -0.25) is 9.59 Å². The van der Waals surface area contributed by atoms with E-state index < -0.39 is 6.04 Å². The van der Waals surface area contributed by atoms with Crippen LogP contribution < -0.4 is 14.8 Å². The monoisotopic (exact) mass is 492 g/mol. The lowest BCUT2D eigenvalue weighted by atomic mass is 10.0. The Balaban J connectivity index is 2.00. The standard InChI is InChI=1S/C29H33FN2O4/c1-20(2)18-31-29(34)28(23-8-6-5-7-9-23)32(19-21-10-13-24(30)14-11-21)27(33)17-22-12-15-25(35-3)26(16-22)36-4/h5-16,20,28H,17-19H2,1-4H3,(H,31,34)/t28-/m0/s1.